The van der Waals surface area contributed by atoms with Crippen LogP contribution >= 0.6 is 11.6 Å². The van der Waals surface area contributed by atoms with E-state index in [0.717, 1.165) is 0 Å². The number of carbonyl (C=O) groups excluding carboxylic acids is 1. The molecule has 0 aliphatic heterocycles. The number of ketones is 1. The van der Waals surface area contributed by atoms with E-state index < -0.39 is 5.82 Å². The van der Waals surface area contributed by atoms with Crippen LogP contribution in [0.3, 0.4) is 0 Å². The van der Waals surface area contributed by atoms with Gasteiger partial charge in [0.15, 0.2) is 5.78 Å². The maximum atomic E-state index is 13.4. The molecule has 68 valence electrons. The molecule has 1 atom stereocenters. The molecule has 0 saturated heterocycles. The van der Waals surface area contributed by atoms with E-state index in [9.17, 15) is 9.18 Å². The van der Waals surface area contributed by atoms with Gasteiger partial charge in [-0.05, 0) is 18.6 Å². The SMILES string of the molecule is CC1Cc2c(ccc(Cl)c2F)C1=O. The molecule has 0 heterocycles. The first kappa shape index (κ1) is 8.70. The van der Waals surface area contributed by atoms with Gasteiger partial charge in [-0.15, -0.1) is 0 Å². The van der Waals surface area contributed by atoms with E-state index in [1.54, 1.807) is 13.0 Å². The lowest BCUT2D eigenvalue weighted by molar-refractivity contribution is 0.0946. The minimum Gasteiger partial charge on any atom is -0.294 e. The van der Waals surface area contributed by atoms with E-state index in [0.29, 0.717) is 17.5 Å². The van der Waals surface area contributed by atoms with E-state index in [1.807, 2.05) is 0 Å². The molecule has 0 saturated carbocycles. The molecule has 1 unspecified atom stereocenters. The average Bonchev–Trinajstić information content (AvgIpc) is 2.38. The normalized spacial score (nSPS) is 20.5. The standard InChI is InChI=1S/C10H8ClFO/c1-5-4-7-6(10(5)13)2-3-8(11)9(7)12/h2-3,5H,4H2,1H3. The summed E-state index contributed by atoms with van der Waals surface area (Å²) in [5.74, 6) is -0.523. The summed E-state index contributed by atoms with van der Waals surface area (Å²) in [5, 5.41) is 0.0978. The van der Waals surface area contributed by atoms with Crippen LogP contribution in [0.4, 0.5) is 4.39 Å². The Hall–Kier alpha value is -0.890. The quantitative estimate of drug-likeness (QED) is 0.627. The van der Waals surface area contributed by atoms with Gasteiger partial charge in [-0.2, -0.15) is 0 Å². The molecule has 0 N–H and O–H groups in total. The highest BCUT2D eigenvalue weighted by molar-refractivity contribution is 6.31. The van der Waals surface area contributed by atoms with Gasteiger partial charge in [0.1, 0.15) is 5.82 Å². The maximum Gasteiger partial charge on any atom is 0.166 e. The van der Waals surface area contributed by atoms with Crippen molar-refractivity contribution in [1.82, 2.24) is 0 Å². The molecule has 0 radical (unpaired) electrons. The van der Waals surface area contributed by atoms with E-state index in [-0.39, 0.29) is 16.7 Å². The van der Waals surface area contributed by atoms with Crippen LogP contribution in [0.2, 0.25) is 5.02 Å². The number of halogens is 2. The smallest absolute Gasteiger partial charge is 0.166 e. The lowest BCUT2D eigenvalue weighted by Gasteiger charge is -1.99. The summed E-state index contributed by atoms with van der Waals surface area (Å²) in [4.78, 5) is 11.5. The summed E-state index contributed by atoms with van der Waals surface area (Å²) in [6.45, 7) is 1.80. The Bertz CT molecular complexity index is 387. The summed E-state index contributed by atoms with van der Waals surface area (Å²) >= 11 is 5.60. The van der Waals surface area contributed by atoms with Crippen LogP contribution in [-0.4, -0.2) is 5.78 Å². The molecule has 1 nitrogen and oxygen atoms in total. The molecule has 13 heavy (non-hydrogen) atoms. The number of hydrogen-bond acceptors (Lipinski definition) is 1. The number of benzene rings is 1. The van der Waals surface area contributed by atoms with E-state index in [4.69, 9.17) is 11.6 Å². The summed E-state index contributed by atoms with van der Waals surface area (Å²) in [6, 6.07) is 3.04. The second-order valence-corrected chi connectivity index (χ2v) is 3.76. The van der Waals surface area contributed by atoms with Crippen molar-refractivity contribution in [3.63, 3.8) is 0 Å². The molecule has 1 aliphatic rings. The predicted octanol–water partition coefficient (Wildman–Crippen LogP) is 2.85. The fourth-order valence-corrected chi connectivity index (χ4v) is 1.86. The van der Waals surface area contributed by atoms with Crippen LogP contribution in [0.1, 0.15) is 22.8 Å². The predicted molar refractivity (Wildman–Crippen MR) is 48.6 cm³/mol. The lowest BCUT2D eigenvalue weighted by Crippen LogP contribution is -2.02. The summed E-state index contributed by atoms with van der Waals surface area (Å²) in [7, 11) is 0. The van der Waals surface area contributed by atoms with Gasteiger partial charge in [-0.25, -0.2) is 4.39 Å². The number of hydrogen-bond donors (Lipinski definition) is 0. The fourth-order valence-electron chi connectivity index (χ4n) is 1.69. The highest BCUT2D eigenvalue weighted by atomic mass is 35.5. The summed E-state index contributed by atoms with van der Waals surface area (Å²) in [5.41, 5.74) is 0.972. The minimum atomic E-state index is -0.433. The zero-order valence-corrected chi connectivity index (χ0v) is 7.86. The van der Waals surface area contributed by atoms with Crippen LogP contribution in [0.15, 0.2) is 12.1 Å². The first-order valence-corrected chi connectivity index (χ1v) is 4.50. The van der Waals surface area contributed by atoms with Crippen LogP contribution in [0.5, 0.6) is 0 Å². The van der Waals surface area contributed by atoms with Crippen molar-refractivity contribution < 1.29 is 9.18 Å². The summed E-state index contributed by atoms with van der Waals surface area (Å²) in [6.07, 6.45) is 0.473. The third kappa shape index (κ3) is 1.17. The second-order valence-electron chi connectivity index (χ2n) is 3.36. The van der Waals surface area contributed by atoms with Crippen molar-refractivity contribution in [3.05, 3.63) is 34.1 Å². The average molecular weight is 199 g/mol. The number of fused-ring (bicyclic) bond motifs is 1. The van der Waals surface area contributed by atoms with E-state index in [2.05, 4.69) is 0 Å². The van der Waals surface area contributed by atoms with E-state index in [1.165, 1.54) is 6.07 Å². The molecule has 3 heteroatoms. The highest BCUT2D eigenvalue weighted by Gasteiger charge is 2.29. The highest BCUT2D eigenvalue weighted by Crippen LogP contribution is 2.31. The topological polar surface area (TPSA) is 17.1 Å². The number of rotatable bonds is 0. The number of Topliss-reactive ketones (excluding diaryl/α,β-unsaturated/α-hetero) is 1. The summed E-state index contributed by atoms with van der Waals surface area (Å²) < 4.78 is 13.4. The maximum absolute atomic E-state index is 13.4. The van der Waals surface area contributed by atoms with Gasteiger partial charge in [0.05, 0.1) is 5.02 Å². The molecule has 0 aromatic heterocycles. The third-order valence-electron chi connectivity index (χ3n) is 2.42. The van der Waals surface area contributed by atoms with Crippen LogP contribution in [0.25, 0.3) is 0 Å². The zero-order chi connectivity index (χ0) is 9.59. The van der Waals surface area contributed by atoms with Gasteiger partial charge < -0.3 is 0 Å². The third-order valence-corrected chi connectivity index (χ3v) is 2.71. The Morgan fingerprint density at radius 1 is 1.54 bits per heavy atom. The molecular weight excluding hydrogens is 191 g/mol. The monoisotopic (exact) mass is 198 g/mol. The zero-order valence-electron chi connectivity index (χ0n) is 7.10. The Morgan fingerprint density at radius 2 is 2.23 bits per heavy atom. The molecule has 1 aromatic rings. The van der Waals surface area contributed by atoms with Crippen molar-refractivity contribution in [1.29, 1.82) is 0 Å². The Kier molecular flexibility index (Phi) is 1.88. The van der Waals surface area contributed by atoms with Gasteiger partial charge in [-0.1, -0.05) is 18.5 Å². The lowest BCUT2D eigenvalue weighted by atomic mass is 10.1. The first-order chi connectivity index (χ1) is 6.11. The van der Waals surface area contributed by atoms with Crippen LogP contribution < -0.4 is 0 Å². The van der Waals surface area contributed by atoms with E-state index >= 15 is 0 Å². The van der Waals surface area contributed by atoms with Crippen LogP contribution in [-0.2, 0) is 6.42 Å². The molecule has 0 spiro atoms. The van der Waals surface area contributed by atoms with Crippen molar-refractivity contribution in [2.45, 2.75) is 13.3 Å². The van der Waals surface area contributed by atoms with Gasteiger partial charge in [0, 0.05) is 17.0 Å². The van der Waals surface area contributed by atoms with Gasteiger partial charge in [0.25, 0.3) is 0 Å². The van der Waals surface area contributed by atoms with Crippen molar-refractivity contribution in [2.75, 3.05) is 0 Å². The fraction of sp³-hybridized carbons (Fsp3) is 0.300. The molecular formula is C10H8ClFO. The molecule has 1 aromatic carbocycles. The molecule has 0 bridgehead atoms. The van der Waals surface area contributed by atoms with Gasteiger partial charge in [-0.3, -0.25) is 4.79 Å². The van der Waals surface area contributed by atoms with Crippen LogP contribution in [0, 0.1) is 11.7 Å². The number of carbonyl (C=O) groups is 1. The van der Waals surface area contributed by atoms with Crippen molar-refractivity contribution in [2.24, 2.45) is 5.92 Å². The van der Waals surface area contributed by atoms with Gasteiger partial charge >= 0.3 is 0 Å². The molecule has 2 rings (SSSR count). The Balaban J connectivity index is 2.64. The minimum absolute atomic E-state index is 0.0190. The van der Waals surface area contributed by atoms with Gasteiger partial charge in [0.2, 0.25) is 0 Å². The Morgan fingerprint density at radius 3 is 2.92 bits per heavy atom. The largest absolute Gasteiger partial charge is 0.294 e. The molecule has 0 fully saturated rings. The molecule has 1 aliphatic carbocycles. The first-order valence-electron chi connectivity index (χ1n) is 4.12. The van der Waals surface area contributed by atoms with Crippen molar-refractivity contribution >= 4 is 17.4 Å². The Labute approximate surface area is 80.5 Å². The molecule has 0 amide bonds. The second kappa shape index (κ2) is 2.81. The van der Waals surface area contributed by atoms with Crippen molar-refractivity contribution in [3.8, 4) is 0 Å².